The van der Waals surface area contributed by atoms with Crippen LogP contribution in [-0.2, 0) is 16.1 Å². The molecule has 6 heteroatoms. The smallest absolute Gasteiger partial charge is 0.261 e. The number of ether oxygens (including phenoxy) is 2. The van der Waals surface area contributed by atoms with Gasteiger partial charge in [-0.25, -0.2) is 0 Å². The summed E-state index contributed by atoms with van der Waals surface area (Å²) in [7, 11) is 1.59. The average molecular weight is 399 g/mol. The van der Waals surface area contributed by atoms with Gasteiger partial charge in [-0.15, -0.1) is 0 Å². The third kappa shape index (κ3) is 7.14. The summed E-state index contributed by atoms with van der Waals surface area (Å²) in [5, 5.41) is 2.94. The molecule has 2 aromatic rings. The Morgan fingerprint density at radius 2 is 1.59 bits per heavy atom. The molecule has 1 atom stereocenters. The van der Waals surface area contributed by atoms with Crippen LogP contribution in [0.4, 0.5) is 0 Å². The van der Waals surface area contributed by atoms with Crippen LogP contribution >= 0.6 is 0 Å². The number of methoxy groups -OCH3 is 1. The summed E-state index contributed by atoms with van der Waals surface area (Å²) in [6.07, 6.45) is 0. The molecule has 6 nitrogen and oxygen atoms in total. The Bertz CT molecular complexity index is 798. The Labute approximate surface area is 172 Å². The summed E-state index contributed by atoms with van der Waals surface area (Å²) in [6, 6.07) is 16.0. The molecule has 0 aliphatic carbocycles. The molecule has 0 aliphatic rings. The van der Waals surface area contributed by atoms with E-state index in [1.807, 2.05) is 51.1 Å². The van der Waals surface area contributed by atoms with Gasteiger partial charge in [-0.3, -0.25) is 9.59 Å². The molecule has 2 aromatic carbocycles. The molecule has 0 saturated heterocycles. The van der Waals surface area contributed by atoms with Crippen LogP contribution in [0.2, 0.25) is 0 Å². The van der Waals surface area contributed by atoms with E-state index in [1.165, 1.54) is 0 Å². The third-order valence-electron chi connectivity index (χ3n) is 4.28. The van der Waals surface area contributed by atoms with Crippen LogP contribution in [0.1, 0.15) is 33.3 Å². The lowest BCUT2D eigenvalue weighted by atomic mass is 10.1. The van der Waals surface area contributed by atoms with Crippen LogP contribution in [0.15, 0.2) is 54.6 Å². The maximum atomic E-state index is 13.0. The highest BCUT2D eigenvalue weighted by Crippen LogP contribution is 2.18. The molecule has 156 valence electrons. The predicted molar refractivity (Wildman–Crippen MR) is 113 cm³/mol. The van der Waals surface area contributed by atoms with E-state index in [9.17, 15) is 9.59 Å². The van der Waals surface area contributed by atoms with Gasteiger partial charge in [-0.1, -0.05) is 30.3 Å². The van der Waals surface area contributed by atoms with Crippen LogP contribution in [0.5, 0.6) is 11.5 Å². The van der Waals surface area contributed by atoms with E-state index in [0.29, 0.717) is 18.0 Å². The van der Waals surface area contributed by atoms with Gasteiger partial charge < -0.3 is 19.7 Å². The highest BCUT2D eigenvalue weighted by Gasteiger charge is 2.28. The molecule has 0 saturated carbocycles. The first-order chi connectivity index (χ1) is 13.7. The van der Waals surface area contributed by atoms with Gasteiger partial charge >= 0.3 is 0 Å². The molecular weight excluding hydrogens is 368 g/mol. The lowest BCUT2D eigenvalue weighted by Crippen LogP contribution is -2.53. The zero-order valence-corrected chi connectivity index (χ0v) is 17.8. The van der Waals surface area contributed by atoms with Gasteiger partial charge in [0.1, 0.15) is 17.5 Å². The second-order valence-electron chi connectivity index (χ2n) is 7.89. The minimum absolute atomic E-state index is 0.160. The summed E-state index contributed by atoms with van der Waals surface area (Å²) in [5.41, 5.74) is 0.563. The monoisotopic (exact) mass is 398 g/mol. The van der Waals surface area contributed by atoms with E-state index in [0.717, 1.165) is 5.56 Å². The number of nitrogens with one attached hydrogen (secondary N) is 1. The van der Waals surface area contributed by atoms with Crippen LogP contribution in [0.3, 0.4) is 0 Å². The quantitative estimate of drug-likeness (QED) is 0.740. The number of carbonyl (C=O) groups is 2. The topological polar surface area (TPSA) is 67.9 Å². The first-order valence-corrected chi connectivity index (χ1v) is 9.62. The molecule has 0 radical (unpaired) electrons. The number of hydrogen-bond donors (Lipinski definition) is 1. The molecule has 0 spiro atoms. The van der Waals surface area contributed by atoms with Crippen molar-refractivity contribution in [2.24, 2.45) is 0 Å². The van der Waals surface area contributed by atoms with Crippen molar-refractivity contribution in [3.8, 4) is 11.5 Å². The molecule has 0 aromatic heterocycles. The van der Waals surface area contributed by atoms with E-state index in [-0.39, 0.29) is 24.0 Å². The molecule has 0 fully saturated rings. The second-order valence-corrected chi connectivity index (χ2v) is 7.89. The molecule has 1 N–H and O–H groups in total. The molecule has 29 heavy (non-hydrogen) atoms. The standard InChI is InChI=1S/C23H30N2O4/c1-17(22(27)24-23(2,3)4)25(15-18-9-7-6-8-10-18)21(26)16-29-20-13-11-19(28-5)12-14-20/h6-14,17H,15-16H2,1-5H3,(H,24,27)/t17-/m0/s1. The van der Waals surface area contributed by atoms with Crippen LogP contribution < -0.4 is 14.8 Å². The van der Waals surface area contributed by atoms with Gasteiger partial charge in [-0.2, -0.15) is 0 Å². The minimum Gasteiger partial charge on any atom is -0.497 e. The second kappa shape index (κ2) is 9.96. The van der Waals surface area contributed by atoms with Gasteiger partial charge in [0.2, 0.25) is 5.91 Å². The predicted octanol–water partition coefficient (Wildman–Crippen LogP) is 3.41. The van der Waals surface area contributed by atoms with Crippen molar-refractivity contribution in [1.82, 2.24) is 10.2 Å². The maximum absolute atomic E-state index is 13.0. The summed E-state index contributed by atoms with van der Waals surface area (Å²) in [6.45, 7) is 7.63. The number of hydrogen-bond acceptors (Lipinski definition) is 4. The zero-order chi connectivity index (χ0) is 21.4. The normalized spacial score (nSPS) is 12.0. The first-order valence-electron chi connectivity index (χ1n) is 9.62. The lowest BCUT2D eigenvalue weighted by Gasteiger charge is -2.31. The molecule has 0 heterocycles. The van der Waals surface area contributed by atoms with Gasteiger partial charge in [0, 0.05) is 12.1 Å². The SMILES string of the molecule is COc1ccc(OCC(=O)N(Cc2ccccc2)[C@@H](C)C(=O)NC(C)(C)C)cc1. The van der Waals surface area contributed by atoms with Crippen molar-refractivity contribution in [2.75, 3.05) is 13.7 Å². The molecule has 0 aliphatic heterocycles. The van der Waals surface area contributed by atoms with Crippen molar-refractivity contribution in [1.29, 1.82) is 0 Å². The van der Waals surface area contributed by atoms with Crippen LogP contribution in [-0.4, -0.2) is 42.0 Å². The summed E-state index contributed by atoms with van der Waals surface area (Å²) in [5.74, 6) is 0.805. The largest absolute Gasteiger partial charge is 0.497 e. The number of amides is 2. The highest BCUT2D eigenvalue weighted by molar-refractivity contribution is 5.88. The number of carbonyl (C=O) groups excluding carboxylic acids is 2. The number of rotatable bonds is 8. The Morgan fingerprint density at radius 3 is 2.14 bits per heavy atom. The summed E-state index contributed by atoms with van der Waals surface area (Å²) >= 11 is 0. The van der Waals surface area contributed by atoms with Crippen LogP contribution in [0.25, 0.3) is 0 Å². The molecular formula is C23H30N2O4. The molecule has 0 unspecified atom stereocenters. The van der Waals surface area contributed by atoms with E-state index in [4.69, 9.17) is 9.47 Å². The molecule has 2 amide bonds. The van der Waals surface area contributed by atoms with Crippen molar-refractivity contribution >= 4 is 11.8 Å². The Balaban J connectivity index is 2.11. The summed E-state index contributed by atoms with van der Waals surface area (Å²) < 4.78 is 10.8. The first kappa shape index (κ1) is 22.3. The van der Waals surface area contributed by atoms with E-state index >= 15 is 0 Å². The van der Waals surface area contributed by atoms with Crippen molar-refractivity contribution in [3.63, 3.8) is 0 Å². The number of benzene rings is 2. The fourth-order valence-corrected chi connectivity index (χ4v) is 2.74. The average Bonchev–Trinajstić information content (AvgIpc) is 2.69. The molecule has 2 rings (SSSR count). The Kier molecular flexibility index (Phi) is 7.65. The van der Waals surface area contributed by atoms with Gasteiger partial charge in [0.25, 0.3) is 5.91 Å². The van der Waals surface area contributed by atoms with E-state index < -0.39 is 6.04 Å². The lowest BCUT2D eigenvalue weighted by molar-refractivity contribution is -0.142. The van der Waals surface area contributed by atoms with Crippen molar-refractivity contribution in [3.05, 3.63) is 60.2 Å². The highest BCUT2D eigenvalue weighted by atomic mass is 16.5. The zero-order valence-electron chi connectivity index (χ0n) is 17.8. The van der Waals surface area contributed by atoms with Gasteiger partial charge in [-0.05, 0) is 57.5 Å². The van der Waals surface area contributed by atoms with Gasteiger partial charge in [0.05, 0.1) is 7.11 Å². The third-order valence-corrected chi connectivity index (χ3v) is 4.28. The van der Waals surface area contributed by atoms with Crippen LogP contribution in [0, 0.1) is 0 Å². The maximum Gasteiger partial charge on any atom is 0.261 e. The Morgan fingerprint density at radius 1 is 1.00 bits per heavy atom. The van der Waals surface area contributed by atoms with E-state index in [2.05, 4.69) is 5.32 Å². The van der Waals surface area contributed by atoms with Gasteiger partial charge in [0.15, 0.2) is 6.61 Å². The summed E-state index contributed by atoms with van der Waals surface area (Å²) in [4.78, 5) is 27.2. The Hall–Kier alpha value is -3.02. The van der Waals surface area contributed by atoms with Crippen molar-refractivity contribution in [2.45, 2.75) is 45.8 Å². The van der Waals surface area contributed by atoms with Crippen molar-refractivity contribution < 1.29 is 19.1 Å². The minimum atomic E-state index is -0.638. The number of nitrogens with zero attached hydrogens (tertiary/aromatic N) is 1. The fourth-order valence-electron chi connectivity index (χ4n) is 2.74. The van der Waals surface area contributed by atoms with E-state index in [1.54, 1.807) is 43.2 Å². The fraction of sp³-hybridized carbons (Fsp3) is 0.391. The molecule has 0 bridgehead atoms.